The summed E-state index contributed by atoms with van der Waals surface area (Å²) in [6, 6.07) is 14.8. The second-order valence-corrected chi connectivity index (χ2v) is 9.97. The fourth-order valence-corrected chi connectivity index (χ4v) is 5.80. The highest BCUT2D eigenvalue weighted by molar-refractivity contribution is 6.02. The number of aryl methyl sites for hydroxylation is 1. The summed E-state index contributed by atoms with van der Waals surface area (Å²) in [7, 11) is 0. The highest BCUT2D eigenvalue weighted by Crippen LogP contribution is 2.43. The van der Waals surface area contributed by atoms with Crippen LogP contribution in [0.3, 0.4) is 0 Å². The van der Waals surface area contributed by atoms with Crippen molar-refractivity contribution < 1.29 is 19.1 Å². The van der Waals surface area contributed by atoms with E-state index >= 15 is 0 Å². The predicted octanol–water partition coefficient (Wildman–Crippen LogP) is 4.08. The van der Waals surface area contributed by atoms with E-state index in [0.29, 0.717) is 6.42 Å². The Balaban J connectivity index is 1.38. The molecule has 3 fully saturated rings. The summed E-state index contributed by atoms with van der Waals surface area (Å²) in [6.07, 6.45) is 3.74. The number of rotatable bonds is 6. The van der Waals surface area contributed by atoms with Crippen LogP contribution in [0.1, 0.15) is 42.4 Å². The monoisotopic (exact) mass is 475 g/mol. The lowest BCUT2D eigenvalue weighted by Gasteiger charge is -2.43. The van der Waals surface area contributed by atoms with Crippen molar-refractivity contribution in [2.45, 2.75) is 64.2 Å². The van der Waals surface area contributed by atoms with Crippen LogP contribution < -0.4 is 5.32 Å². The van der Waals surface area contributed by atoms with Crippen molar-refractivity contribution in [3.05, 3.63) is 65.2 Å². The molecule has 0 radical (unpaired) electrons. The van der Waals surface area contributed by atoms with Gasteiger partial charge in [0.1, 0.15) is 6.54 Å². The third-order valence-electron chi connectivity index (χ3n) is 7.83. The minimum atomic E-state index is -0.704. The number of carbonyl (C=O) groups is 3. The third-order valence-corrected chi connectivity index (χ3v) is 7.83. The van der Waals surface area contributed by atoms with E-state index in [-0.39, 0.29) is 36.9 Å². The Hall–Kier alpha value is -3.19. The first-order valence-electron chi connectivity index (χ1n) is 12.6. The number of carbonyl (C=O) groups excluding carboxylic acids is 3. The number of ether oxygens (including phenoxy) is 1. The zero-order chi connectivity index (χ0) is 24.5. The van der Waals surface area contributed by atoms with Crippen LogP contribution in [0.25, 0.3) is 0 Å². The second-order valence-electron chi connectivity index (χ2n) is 9.97. The summed E-state index contributed by atoms with van der Waals surface area (Å²) >= 11 is 0. The molecule has 35 heavy (non-hydrogen) atoms. The molecule has 4 atom stereocenters. The van der Waals surface area contributed by atoms with Gasteiger partial charge < -0.3 is 15.0 Å². The molecule has 7 heteroatoms. The Morgan fingerprint density at radius 3 is 2.60 bits per heavy atom. The first-order chi connectivity index (χ1) is 16.9. The van der Waals surface area contributed by atoms with Gasteiger partial charge in [0.05, 0.1) is 12.1 Å². The molecule has 4 amide bonds. The smallest absolute Gasteiger partial charge is 0.327 e. The first kappa shape index (κ1) is 23.5. The van der Waals surface area contributed by atoms with Crippen LogP contribution in [0.2, 0.25) is 0 Å². The number of hydrogen-bond donors (Lipinski definition) is 1. The summed E-state index contributed by atoms with van der Waals surface area (Å²) in [5, 5.41) is 2.98. The SMILES string of the molecule is Cc1cccc(NC(=O)CN2C(=O)N(CCc3ccccc3)C(=O)C3OC4CCCCC4C32)c1C. The molecule has 2 aromatic carbocycles. The molecule has 184 valence electrons. The maximum absolute atomic E-state index is 13.7. The molecule has 1 N–H and O–H groups in total. The topological polar surface area (TPSA) is 79.0 Å². The Labute approximate surface area is 206 Å². The summed E-state index contributed by atoms with van der Waals surface area (Å²) in [4.78, 5) is 43.2. The first-order valence-corrected chi connectivity index (χ1v) is 12.6. The van der Waals surface area contributed by atoms with Gasteiger partial charge in [-0.05, 0) is 55.9 Å². The number of imide groups is 1. The van der Waals surface area contributed by atoms with E-state index in [4.69, 9.17) is 4.74 Å². The van der Waals surface area contributed by atoms with Crippen LogP contribution in [-0.4, -0.2) is 59.0 Å². The van der Waals surface area contributed by atoms with E-state index in [0.717, 1.165) is 48.1 Å². The molecule has 0 spiro atoms. The van der Waals surface area contributed by atoms with E-state index in [1.54, 1.807) is 4.90 Å². The standard InChI is InChI=1S/C28H33N3O4/c1-18-9-8-13-22(19(18)2)29-24(32)17-31-25-21-12-6-7-14-23(21)35-26(25)27(33)30(28(31)34)16-15-20-10-4-3-5-11-20/h3-5,8-11,13,21,23,25-26H,6-7,12,14-17H2,1-2H3,(H,29,32). The quantitative estimate of drug-likeness (QED) is 0.683. The molecule has 1 aliphatic carbocycles. The molecule has 2 aliphatic heterocycles. The van der Waals surface area contributed by atoms with E-state index in [1.807, 2.05) is 62.4 Å². The molecule has 4 unspecified atom stereocenters. The largest absolute Gasteiger partial charge is 0.363 e. The van der Waals surface area contributed by atoms with Gasteiger partial charge in [0.2, 0.25) is 5.91 Å². The number of fused-ring (bicyclic) bond motifs is 3. The van der Waals surface area contributed by atoms with Gasteiger partial charge in [0, 0.05) is 18.2 Å². The molecule has 5 rings (SSSR count). The van der Waals surface area contributed by atoms with Crippen LogP contribution in [-0.2, 0) is 20.7 Å². The molecule has 7 nitrogen and oxygen atoms in total. The lowest BCUT2D eigenvalue weighted by molar-refractivity contribution is -0.147. The molecule has 3 aliphatic rings. The summed E-state index contributed by atoms with van der Waals surface area (Å²) in [6.45, 7) is 4.13. The maximum Gasteiger partial charge on any atom is 0.327 e. The number of nitrogens with one attached hydrogen (secondary N) is 1. The van der Waals surface area contributed by atoms with Crippen LogP contribution in [0.4, 0.5) is 10.5 Å². The average Bonchev–Trinajstić information content (AvgIpc) is 3.25. The molecule has 1 saturated carbocycles. The normalized spacial score (nSPS) is 25.9. The van der Waals surface area contributed by atoms with E-state index < -0.39 is 18.2 Å². The van der Waals surface area contributed by atoms with Gasteiger partial charge in [-0.2, -0.15) is 0 Å². The highest BCUT2D eigenvalue weighted by atomic mass is 16.5. The average molecular weight is 476 g/mol. The van der Waals surface area contributed by atoms with Crippen molar-refractivity contribution in [2.24, 2.45) is 5.92 Å². The lowest BCUT2D eigenvalue weighted by Crippen LogP contribution is -2.65. The van der Waals surface area contributed by atoms with Crippen molar-refractivity contribution in [2.75, 3.05) is 18.4 Å². The van der Waals surface area contributed by atoms with Crippen molar-refractivity contribution >= 4 is 23.5 Å². The third kappa shape index (κ3) is 4.57. The zero-order valence-corrected chi connectivity index (χ0v) is 20.4. The Morgan fingerprint density at radius 1 is 1.03 bits per heavy atom. The van der Waals surface area contributed by atoms with Gasteiger partial charge >= 0.3 is 6.03 Å². The van der Waals surface area contributed by atoms with Crippen molar-refractivity contribution in [3.63, 3.8) is 0 Å². The number of nitrogens with zero attached hydrogens (tertiary/aromatic N) is 2. The van der Waals surface area contributed by atoms with Crippen LogP contribution in [0.15, 0.2) is 48.5 Å². The Morgan fingerprint density at radius 2 is 1.80 bits per heavy atom. The number of urea groups is 1. The van der Waals surface area contributed by atoms with E-state index in [9.17, 15) is 14.4 Å². The van der Waals surface area contributed by atoms with Crippen LogP contribution in [0, 0.1) is 19.8 Å². The summed E-state index contributed by atoms with van der Waals surface area (Å²) in [5.41, 5.74) is 3.88. The van der Waals surface area contributed by atoms with E-state index in [1.165, 1.54) is 4.90 Å². The minimum Gasteiger partial charge on any atom is -0.363 e. The molecule has 0 aromatic heterocycles. The van der Waals surface area contributed by atoms with Crippen molar-refractivity contribution in [3.8, 4) is 0 Å². The molecule has 2 aromatic rings. The maximum atomic E-state index is 13.7. The fourth-order valence-electron chi connectivity index (χ4n) is 5.80. The number of hydrogen-bond acceptors (Lipinski definition) is 4. The van der Waals surface area contributed by atoms with Crippen LogP contribution >= 0.6 is 0 Å². The van der Waals surface area contributed by atoms with Gasteiger partial charge in [-0.3, -0.25) is 14.5 Å². The van der Waals surface area contributed by atoms with Gasteiger partial charge in [-0.15, -0.1) is 0 Å². The molecule has 2 heterocycles. The Bertz CT molecular complexity index is 1120. The van der Waals surface area contributed by atoms with Gasteiger partial charge in [-0.1, -0.05) is 55.3 Å². The Kier molecular flexibility index (Phi) is 6.60. The predicted molar refractivity (Wildman–Crippen MR) is 133 cm³/mol. The minimum absolute atomic E-state index is 0.0332. The molecular weight excluding hydrogens is 442 g/mol. The van der Waals surface area contributed by atoms with E-state index in [2.05, 4.69) is 5.32 Å². The lowest BCUT2D eigenvalue weighted by atomic mass is 9.81. The van der Waals surface area contributed by atoms with Gasteiger partial charge in [0.25, 0.3) is 5.91 Å². The summed E-state index contributed by atoms with van der Waals surface area (Å²) < 4.78 is 6.26. The highest BCUT2D eigenvalue weighted by Gasteiger charge is 2.57. The van der Waals surface area contributed by atoms with Crippen LogP contribution in [0.5, 0.6) is 0 Å². The van der Waals surface area contributed by atoms with Gasteiger partial charge in [0.15, 0.2) is 6.10 Å². The molecular formula is C28H33N3O4. The number of anilines is 1. The van der Waals surface area contributed by atoms with Crippen molar-refractivity contribution in [1.82, 2.24) is 9.80 Å². The molecule has 2 saturated heterocycles. The second kappa shape index (κ2) is 9.82. The summed E-state index contributed by atoms with van der Waals surface area (Å²) in [5.74, 6) is -0.439. The fraction of sp³-hybridized carbons (Fsp3) is 0.464. The van der Waals surface area contributed by atoms with Gasteiger partial charge in [-0.25, -0.2) is 4.79 Å². The number of benzene rings is 2. The number of amides is 4. The zero-order valence-electron chi connectivity index (χ0n) is 20.4. The molecule has 0 bridgehead atoms. The van der Waals surface area contributed by atoms with Crippen molar-refractivity contribution in [1.29, 1.82) is 0 Å².